The topological polar surface area (TPSA) is 58.4 Å². The summed E-state index contributed by atoms with van der Waals surface area (Å²) in [5, 5.41) is 2.94. The van der Waals surface area contributed by atoms with Crippen molar-refractivity contribution >= 4 is 17.3 Å². The number of nitrogens with one attached hydrogen (secondary N) is 1. The van der Waals surface area contributed by atoms with Crippen molar-refractivity contribution in [1.82, 2.24) is 4.90 Å². The van der Waals surface area contributed by atoms with Crippen LogP contribution in [0.5, 0.6) is 0 Å². The van der Waals surface area contributed by atoms with Crippen LogP contribution in [0.25, 0.3) is 0 Å². The molecule has 0 saturated carbocycles. The molecule has 0 aliphatic rings. The van der Waals surface area contributed by atoms with Crippen LogP contribution in [-0.4, -0.2) is 30.9 Å². The summed E-state index contributed by atoms with van der Waals surface area (Å²) in [6.45, 7) is 10.5. The Morgan fingerprint density at radius 3 is 2.62 bits per heavy atom. The van der Waals surface area contributed by atoms with Crippen LogP contribution in [-0.2, 0) is 4.79 Å². The van der Waals surface area contributed by atoms with E-state index in [9.17, 15) is 4.79 Å². The average Bonchev–Trinajstić information content (AvgIpc) is 2.32. The predicted octanol–water partition coefficient (Wildman–Crippen LogP) is 3.27. The quantitative estimate of drug-likeness (QED) is 0.791. The molecule has 1 aromatic rings. The minimum absolute atomic E-state index is 0.0489. The average molecular weight is 291 g/mol. The van der Waals surface area contributed by atoms with Crippen LogP contribution in [0.1, 0.15) is 39.2 Å². The number of carbonyl (C=O) groups excluding carboxylic acids is 1. The number of rotatable bonds is 6. The summed E-state index contributed by atoms with van der Waals surface area (Å²) in [4.78, 5) is 14.2. The number of nitrogens with zero attached hydrogens (tertiary/aromatic N) is 1. The Hall–Kier alpha value is -1.55. The van der Waals surface area contributed by atoms with E-state index in [2.05, 4.69) is 38.0 Å². The maximum absolute atomic E-state index is 12.0. The maximum Gasteiger partial charge on any atom is 0.224 e. The first-order valence-corrected chi connectivity index (χ1v) is 7.52. The van der Waals surface area contributed by atoms with Crippen molar-refractivity contribution in [2.24, 2.45) is 5.41 Å². The molecule has 0 bridgehead atoms. The van der Waals surface area contributed by atoms with E-state index in [0.717, 1.165) is 30.8 Å². The van der Waals surface area contributed by atoms with Gasteiger partial charge in [0.15, 0.2) is 0 Å². The molecular weight excluding hydrogens is 262 g/mol. The molecule has 0 spiro atoms. The number of carbonyl (C=O) groups is 1. The lowest BCUT2D eigenvalue weighted by molar-refractivity contribution is -0.116. The molecule has 0 radical (unpaired) electrons. The van der Waals surface area contributed by atoms with Crippen LogP contribution in [0.2, 0.25) is 0 Å². The Morgan fingerprint density at radius 1 is 1.33 bits per heavy atom. The Morgan fingerprint density at radius 2 is 2.00 bits per heavy atom. The molecule has 0 aliphatic heterocycles. The summed E-state index contributed by atoms with van der Waals surface area (Å²) in [5.74, 6) is 0.0489. The van der Waals surface area contributed by atoms with Crippen LogP contribution < -0.4 is 11.1 Å². The summed E-state index contributed by atoms with van der Waals surface area (Å²) >= 11 is 0. The van der Waals surface area contributed by atoms with Crippen LogP contribution in [0.4, 0.5) is 11.4 Å². The van der Waals surface area contributed by atoms with Gasteiger partial charge in [-0.25, -0.2) is 0 Å². The molecule has 0 aliphatic carbocycles. The highest BCUT2D eigenvalue weighted by molar-refractivity contribution is 5.92. The molecule has 0 saturated heterocycles. The molecule has 0 heterocycles. The van der Waals surface area contributed by atoms with E-state index >= 15 is 0 Å². The first kappa shape index (κ1) is 17.5. The first-order valence-electron chi connectivity index (χ1n) is 7.52. The van der Waals surface area contributed by atoms with Gasteiger partial charge in [0, 0.05) is 24.3 Å². The predicted molar refractivity (Wildman–Crippen MR) is 90.4 cm³/mol. The molecule has 118 valence electrons. The summed E-state index contributed by atoms with van der Waals surface area (Å²) in [5.41, 5.74) is 8.57. The Labute approximate surface area is 128 Å². The third-order valence-corrected chi connectivity index (χ3v) is 3.34. The van der Waals surface area contributed by atoms with Crippen molar-refractivity contribution in [2.75, 3.05) is 31.2 Å². The smallest absolute Gasteiger partial charge is 0.224 e. The van der Waals surface area contributed by atoms with Gasteiger partial charge in [-0.2, -0.15) is 0 Å². The molecule has 21 heavy (non-hydrogen) atoms. The van der Waals surface area contributed by atoms with E-state index in [1.54, 1.807) is 0 Å². The molecule has 3 N–H and O–H groups in total. The molecule has 0 atom stereocenters. The minimum atomic E-state index is 0.0489. The van der Waals surface area contributed by atoms with Crippen molar-refractivity contribution in [2.45, 2.75) is 40.5 Å². The van der Waals surface area contributed by atoms with Crippen molar-refractivity contribution in [1.29, 1.82) is 0 Å². The van der Waals surface area contributed by atoms with E-state index in [0.29, 0.717) is 12.1 Å². The standard InChI is InChI=1S/C17H29N3O/c1-13-14(18)8-6-9-15(13)19-16(21)10-7-11-20(5)12-17(2,3)4/h6,8-9H,7,10-12,18H2,1-5H3,(H,19,21). The number of hydrogen-bond donors (Lipinski definition) is 2. The highest BCUT2D eigenvalue weighted by Gasteiger charge is 2.13. The highest BCUT2D eigenvalue weighted by atomic mass is 16.1. The summed E-state index contributed by atoms with van der Waals surface area (Å²) < 4.78 is 0. The molecule has 1 rings (SSSR count). The fourth-order valence-electron chi connectivity index (χ4n) is 2.40. The first-order chi connectivity index (χ1) is 9.69. The molecule has 1 amide bonds. The Kier molecular flexibility index (Phi) is 6.21. The fourth-order valence-corrected chi connectivity index (χ4v) is 2.40. The van der Waals surface area contributed by atoms with Crippen molar-refractivity contribution in [3.63, 3.8) is 0 Å². The summed E-state index contributed by atoms with van der Waals surface area (Å²) in [7, 11) is 2.10. The molecular formula is C17H29N3O. The van der Waals surface area contributed by atoms with Gasteiger partial charge in [-0.05, 0) is 50.0 Å². The number of benzene rings is 1. The lowest BCUT2D eigenvalue weighted by atomic mass is 9.96. The zero-order valence-corrected chi connectivity index (χ0v) is 14.0. The number of anilines is 2. The van der Waals surface area contributed by atoms with Crippen molar-refractivity contribution in [3.05, 3.63) is 23.8 Å². The number of nitrogen functional groups attached to an aromatic ring is 1. The third kappa shape index (κ3) is 6.63. The number of nitrogens with two attached hydrogens (primary N) is 1. The van der Waals surface area contributed by atoms with Gasteiger partial charge in [0.25, 0.3) is 0 Å². The second-order valence-electron chi connectivity index (χ2n) is 6.97. The Bertz CT molecular complexity index is 477. The van der Waals surface area contributed by atoms with E-state index in [-0.39, 0.29) is 11.3 Å². The minimum Gasteiger partial charge on any atom is -0.398 e. The fraction of sp³-hybridized carbons (Fsp3) is 0.588. The van der Waals surface area contributed by atoms with E-state index < -0.39 is 0 Å². The van der Waals surface area contributed by atoms with Crippen LogP contribution in [0, 0.1) is 12.3 Å². The molecule has 4 heteroatoms. The van der Waals surface area contributed by atoms with Gasteiger partial charge in [0.05, 0.1) is 0 Å². The van der Waals surface area contributed by atoms with Crippen LogP contribution in [0.15, 0.2) is 18.2 Å². The van der Waals surface area contributed by atoms with Crippen LogP contribution in [0.3, 0.4) is 0 Å². The SMILES string of the molecule is Cc1c(N)cccc1NC(=O)CCCN(C)CC(C)(C)C. The monoisotopic (exact) mass is 291 g/mol. The van der Waals surface area contributed by atoms with Gasteiger partial charge >= 0.3 is 0 Å². The lowest BCUT2D eigenvalue weighted by Crippen LogP contribution is -2.30. The van der Waals surface area contributed by atoms with Crippen molar-refractivity contribution < 1.29 is 4.79 Å². The van der Waals surface area contributed by atoms with Gasteiger partial charge in [-0.15, -0.1) is 0 Å². The Balaban J connectivity index is 2.36. The third-order valence-electron chi connectivity index (χ3n) is 3.34. The van der Waals surface area contributed by atoms with Gasteiger partial charge in [-0.1, -0.05) is 26.8 Å². The zero-order valence-electron chi connectivity index (χ0n) is 14.0. The molecule has 1 aromatic carbocycles. The maximum atomic E-state index is 12.0. The summed E-state index contributed by atoms with van der Waals surface area (Å²) in [6.07, 6.45) is 1.39. The molecule has 4 nitrogen and oxygen atoms in total. The normalized spacial score (nSPS) is 11.7. The van der Waals surface area contributed by atoms with Gasteiger partial charge < -0.3 is 16.0 Å². The van der Waals surface area contributed by atoms with E-state index in [1.165, 1.54) is 0 Å². The van der Waals surface area contributed by atoms with Gasteiger partial charge in [0.2, 0.25) is 5.91 Å². The summed E-state index contributed by atoms with van der Waals surface area (Å²) in [6, 6.07) is 5.58. The van der Waals surface area contributed by atoms with E-state index in [4.69, 9.17) is 5.73 Å². The second-order valence-corrected chi connectivity index (χ2v) is 6.97. The number of hydrogen-bond acceptors (Lipinski definition) is 3. The van der Waals surface area contributed by atoms with Gasteiger partial charge in [-0.3, -0.25) is 4.79 Å². The van der Waals surface area contributed by atoms with Crippen molar-refractivity contribution in [3.8, 4) is 0 Å². The van der Waals surface area contributed by atoms with Gasteiger partial charge in [0.1, 0.15) is 0 Å². The molecule has 0 unspecified atom stereocenters. The van der Waals surface area contributed by atoms with Crippen LogP contribution >= 0.6 is 0 Å². The largest absolute Gasteiger partial charge is 0.398 e. The molecule has 0 fully saturated rings. The number of amides is 1. The van der Waals surface area contributed by atoms with E-state index in [1.807, 2.05) is 25.1 Å². The lowest BCUT2D eigenvalue weighted by Gasteiger charge is -2.26. The highest BCUT2D eigenvalue weighted by Crippen LogP contribution is 2.20. The second kappa shape index (κ2) is 7.46. The molecule has 0 aromatic heterocycles. The zero-order chi connectivity index (χ0) is 16.0.